The Morgan fingerprint density at radius 3 is 2.81 bits per heavy atom. The second-order valence-electron chi connectivity index (χ2n) is 5.30. The first-order chi connectivity index (χ1) is 10.3. The topological polar surface area (TPSA) is 42.5 Å². The number of benzene rings is 1. The zero-order valence-corrected chi connectivity index (χ0v) is 11.6. The van der Waals surface area contributed by atoms with Crippen LogP contribution < -0.4 is 10.6 Å². The van der Waals surface area contributed by atoms with E-state index in [4.69, 9.17) is 0 Å². The average molecular weight is 280 g/mol. The number of pyridine rings is 1. The molecule has 0 radical (unpaired) electrons. The van der Waals surface area contributed by atoms with E-state index in [0.717, 1.165) is 19.5 Å². The Kier molecular flexibility index (Phi) is 2.77. The smallest absolute Gasteiger partial charge is 0.350 e. The normalized spacial score (nSPS) is 13.8. The third-order valence-electron chi connectivity index (χ3n) is 4.05. The SMILES string of the molecule is O=c1n(CCN2CCc3ccccc32)nc2ccccn12. The molecule has 0 saturated carbocycles. The van der Waals surface area contributed by atoms with Crippen LogP contribution in [0, 0.1) is 0 Å². The molecule has 0 fully saturated rings. The summed E-state index contributed by atoms with van der Waals surface area (Å²) in [6.45, 7) is 2.43. The van der Waals surface area contributed by atoms with Gasteiger partial charge in [-0.2, -0.15) is 0 Å². The Balaban J connectivity index is 1.57. The minimum absolute atomic E-state index is 0.0712. The maximum Gasteiger partial charge on any atom is 0.350 e. The third kappa shape index (κ3) is 2.01. The van der Waals surface area contributed by atoms with Gasteiger partial charge in [-0.15, -0.1) is 5.10 Å². The van der Waals surface area contributed by atoms with Crippen LogP contribution in [0.2, 0.25) is 0 Å². The number of fused-ring (bicyclic) bond motifs is 2. The fourth-order valence-electron chi connectivity index (χ4n) is 2.97. The molecular weight excluding hydrogens is 264 g/mol. The number of rotatable bonds is 3. The molecule has 0 saturated heterocycles. The number of hydrogen-bond acceptors (Lipinski definition) is 3. The Labute approximate surface area is 122 Å². The van der Waals surface area contributed by atoms with Gasteiger partial charge in [-0.3, -0.25) is 4.40 Å². The van der Waals surface area contributed by atoms with Gasteiger partial charge in [0.15, 0.2) is 5.65 Å². The van der Waals surface area contributed by atoms with Crippen LogP contribution in [0.4, 0.5) is 5.69 Å². The van der Waals surface area contributed by atoms with E-state index in [-0.39, 0.29) is 5.69 Å². The Morgan fingerprint density at radius 1 is 1.05 bits per heavy atom. The van der Waals surface area contributed by atoms with E-state index >= 15 is 0 Å². The van der Waals surface area contributed by atoms with Gasteiger partial charge in [-0.1, -0.05) is 24.3 Å². The summed E-state index contributed by atoms with van der Waals surface area (Å²) in [5.41, 5.74) is 3.30. The summed E-state index contributed by atoms with van der Waals surface area (Å²) in [4.78, 5) is 14.5. The molecule has 0 aliphatic carbocycles. The first kappa shape index (κ1) is 12.2. The lowest BCUT2D eigenvalue weighted by Gasteiger charge is -2.18. The van der Waals surface area contributed by atoms with Crippen LogP contribution in [-0.2, 0) is 13.0 Å². The van der Waals surface area contributed by atoms with Gasteiger partial charge < -0.3 is 4.90 Å². The molecule has 1 aliphatic heterocycles. The van der Waals surface area contributed by atoms with Crippen LogP contribution in [0.5, 0.6) is 0 Å². The van der Waals surface area contributed by atoms with Gasteiger partial charge in [0.05, 0.1) is 6.54 Å². The van der Waals surface area contributed by atoms with Crippen LogP contribution in [0.15, 0.2) is 53.5 Å². The quantitative estimate of drug-likeness (QED) is 0.731. The van der Waals surface area contributed by atoms with Crippen molar-refractivity contribution in [2.75, 3.05) is 18.0 Å². The zero-order valence-electron chi connectivity index (χ0n) is 11.6. The molecule has 106 valence electrons. The molecule has 0 atom stereocenters. The summed E-state index contributed by atoms with van der Waals surface area (Å²) in [5, 5.41) is 4.37. The van der Waals surface area contributed by atoms with Crippen LogP contribution >= 0.6 is 0 Å². The fraction of sp³-hybridized carbons (Fsp3) is 0.250. The van der Waals surface area contributed by atoms with Crippen LogP contribution in [0.3, 0.4) is 0 Å². The second-order valence-corrected chi connectivity index (χ2v) is 5.30. The number of anilines is 1. The predicted octanol–water partition coefficient (Wildman–Crippen LogP) is 1.56. The van der Waals surface area contributed by atoms with Gasteiger partial charge in [0.25, 0.3) is 0 Å². The number of hydrogen-bond donors (Lipinski definition) is 0. The molecule has 1 aromatic carbocycles. The Bertz CT molecular complexity index is 849. The zero-order chi connectivity index (χ0) is 14.2. The number of nitrogens with zero attached hydrogens (tertiary/aromatic N) is 4. The van der Waals surface area contributed by atoms with E-state index < -0.39 is 0 Å². The monoisotopic (exact) mass is 280 g/mol. The largest absolute Gasteiger partial charge is 0.369 e. The standard InChI is InChI=1S/C16H16N4O/c21-16-19-9-4-3-7-15(19)17-20(16)12-11-18-10-8-13-5-1-2-6-14(13)18/h1-7,9H,8,10-12H2. The van der Waals surface area contributed by atoms with E-state index in [0.29, 0.717) is 12.2 Å². The summed E-state index contributed by atoms with van der Waals surface area (Å²) >= 11 is 0. The lowest BCUT2D eigenvalue weighted by atomic mass is 10.2. The highest BCUT2D eigenvalue weighted by Gasteiger charge is 2.18. The van der Waals surface area contributed by atoms with Crippen molar-refractivity contribution in [1.29, 1.82) is 0 Å². The lowest BCUT2D eigenvalue weighted by Crippen LogP contribution is -2.30. The highest BCUT2D eigenvalue weighted by molar-refractivity contribution is 5.57. The minimum Gasteiger partial charge on any atom is -0.369 e. The van der Waals surface area contributed by atoms with Crippen LogP contribution in [0.25, 0.3) is 5.65 Å². The van der Waals surface area contributed by atoms with Gasteiger partial charge in [0, 0.05) is 25.0 Å². The van der Waals surface area contributed by atoms with Crippen LogP contribution in [0.1, 0.15) is 5.56 Å². The molecule has 4 rings (SSSR count). The summed E-state index contributed by atoms with van der Waals surface area (Å²) < 4.78 is 3.13. The van der Waals surface area contributed by atoms with Crippen LogP contribution in [-0.4, -0.2) is 27.3 Å². The first-order valence-corrected chi connectivity index (χ1v) is 7.20. The number of para-hydroxylation sites is 1. The Morgan fingerprint density at radius 2 is 1.90 bits per heavy atom. The van der Waals surface area contributed by atoms with Gasteiger partial charge >= 0.3 is 5.69 Å². The highest BCUT2D eigenvalue weighted by atomic mass is 16.2. The molecule has 3 aromatic rings. The second kappa shape index (κ2) is 4.77. The van der Waals surface area contributed by atoms with Gasteiger partial charge in [-0.05, 0) is 30.2 Å². The molecule has 21 heavy (non-hydrogen) atoms. The molecular formula is C16H16N4O. The molecule has 2 aromatic heterocycles. The number of aromatic nitrogens is 3. The van der Waals surface area contributed by atoms with Crippen molar-refractivity contribution < 1.29 is 0 Å². The molecule has 0 spiro atoms. The van der Waals surface area contributed by atoms with Crippen molar-refractivity contribution in [2.24, 2.45) is 0 Å². The first-order valence-electron chi connectivity index (χ1n) is 7.20. The predicted molar refractivity (Wildman–Crippen MR) is 81.8 cm³/mol. The van der Waals surface area contributed by atoms with Crippen molar-refractivity contribution in [2.45, 2.75) is 13.0 Å². The van der Waals surface area contributed by atoms with E-state index in [9.17, 15) is 4.79 Å². The Hall–Kier alpha value is -2.56. The molecule has 0 unspecified atom stereocenters. The third-order valence-corrected chi connectivity index (χ3v) is 4.05. The molecule has 0 bridgehead atoms. The van der Waals surface area contributed by atoms with E-state index in [1.807, 2.05) is 18.2 Å². The summed E-state index contributed by atoms with van der Waals surface area (Å²) in [7, 11) is 0. The molecule has 0 amide bonds. The fourth-order valence-corrected chi connectivity index (χ4v) is 2.97. The van der Waals surface area contributed by atoms with E-state index in [2.05, 4.69) is 34.3 Å². The lowest BCUT2D eigenvalue weighted by molar-refractivity contribution is 0.583. The van der Waals surface area contributed by atoms with Crippen molar-refractivity contribution in [3.05, 3.63) is 64.7 Å². The average Bonchev–Trinajstić information content (AvgIpc) is 3.07. The van der Waals surface area contributed by atoms with Crippen molar-refractivity contribution in [1.82, 2.24) is 14.2 Å². The van der Waals surface area contributed by atoms with E-state index in [1.54, 1.807) is 15.3 Å². The summed E-state index contributed by atoms with van der Waals surface area (Å²) in [6.07, 6.45) is 2.84. The molecule has 3 heterocycles. The maximum absolute atomic E-state index is 12.2. The minimum atomic E-state index is -0.0712. The highest BCUT2D eigenvalue weighted by Crippen LogP contribution is 2.26. The summed E-state index contributed by atoms with van der Waals surface area (Å²) in [6, 6.07) is 14.0. The molecule has 0 N–H and O–H groups in total. The van der Waals surface area contributed by atoms with Crippen molar-refractivity contribution >= 4 is 11.3 Å². The van der Waals surface area contributed by atoms with Crippen molar-refractivity contribution in [3.8, 4) is 0 Å². The summed E-state index contributed by atoms with van der Waals surface area (Å²) in [5.74, 6) is 0. The van der Waals surface area contributed by atoms with Gasteiger partial charge in [0.2, 0.25) is 0 Å². The molecule has 5 heteroatoms. The maximum atomic E-state index is 12.2. The molecule has 5 nitrogen and oxygen atoms in total. The van der Waals surface area contributed by atoms with E-state index in [1.165, 1.54) is 11.3 Å². The molecule has 1 aliphatic rings. The van der Waals surface area contributed by atoms with Gasteiger partial charge in [-0.25, -0.2) is 9.48 Å². The van der Waals surface area contributed by atoms with Crippen molar-refractivity contribution in [3.63, 3.8) is 0 Å². The van der Waals surface area contributed by atoms with Gasteiger partial charge in [0.1, 0.15) is 0 Å².